The summed E-state index contributed by atoms with van der Waals surface area (Å²) in [6, 6.07) is 0.445. The first kappa shape index (κ1) is 18.7. The van der Waals surface area contributed by atoms with Crippen LogP contribution in [0, 0.1) is 5.92 Å². The molecule has 2 unspecified atom stereocenters. The van der Waals surface area contributed by atoms with Crippen molar-refractivity contribution in [3.63, 3.8) is 0 Å². The Morgan fingerprint density at radius 3 is 2.57 bits per heavy atom. The molecule has 0 radical (unpaired) electrons. The fraction of sp³-hybridized carbons (Fsp3) is 1.00. The van der Waals surface area contributed by atoms with Gasteiger partial charge in [0.05, 0.1) is 0 Å². The van der Waals surface area contributed by atoms with E-state index in [0.717, 1.165) is 26.1 Å². The molecule has 2 atom stereocenters. The van der Waals surface area contributed by atoms with Crippen LogP contribution in [0.15, 0.2) is 0 Å². The van der Waals surface area contributed by atoms with E-state index in [0.29, 0.717) is 18.4 Å². The van der Waals surface area contributed by atoms with Crippen molar-refractivity contribution in [3.05, 3.63) is 0 Å². The molecular formula is C15H29F3N2O. The molecule has 0 bridgehead atoms. The lowest BCUT2D eigenvalue weighted by atomic mass is 9.89. The summed E-state index contributed by atoms with van der Waals surface area (Å²) < 4.78 is 40.7. The van der Waals surface area contributed by atoms with Gasteiger partial charge in [0.25, 0.3) is 0 Å². The van der Waals surface area contributed by atoms with Crippen LogP contribution < -0.4 is 5.32 Å². The number of rotatable bonds is 7. The number of alkyl halides is 3. The molecule has 0 amide bonds. The highest BCUT2D eigenvalue weighted by molar-refractivity contribution is 4.95. The van der Waals surface area contributed by atoms with E-state index in [1.807, 2.05) is 0 Å². The Morgan fingerprint density at radius 2 is 2.05 bits per heavy atom. The zero-order valence-corrected chi connectivity index (χ0v) is 13.6. The van der Waals surface area contributed by atoms with Crippen molar-refractivity contribution >= 4 is 0 Å². The van der Waals surface area contributed by atoms with Crippen LogP contribution in [-0.2, 0) is 4.74 Å². The molecule has 1 aliphatic rings. The number of hydrogen-bond acceptors (Lipinski definition) is 3. The molecule has 0 saturated carbocycles. The van der Waals surface area contributed by atoms with Crippen LogP contribution in [-0.4, -0.2) is 55.5 Å². The van der Waals surface area contributed by atoms with Crippen LogP contribution in [0.1, 0.15) is 40.5 Å². The predicted octanol–water partition coefficient (Wildman–Crippen LogP) is 3.05. The maximum atomic E-state index is 12.0. The summed E-state index contributed by atoms with van der Waals surface area (Å²) in [4.78, 5) is 2.41. The molecule has 21 heavy (non-hydrogen) atoms. The number of hydrogen-bond donors (Lipinski definition) is 1. The van der Waals surface area contributed by atoms with E-state index in [2.05, 4.69) is 37.9 Å². The minimum Gasteiger partial charge on any atom is -0.372 e. The van der Waals surface area contributed by atoms with Crippen molar-refractivity contribution in [1.29, 1.82) is 0 Å². The number of nitrogens with zero attached hydrogens (tertiary/aromatic N) is 1. The van der Waals surface area contributed by atoms with Crippen molar-refractivity contribution in [2.75, 3.05) is 32.8 Å². The van der Waals surface area contributed by atoms with Crippen LogP contribution in [0.3, 0.4) is 0 Å². The smallest absolute Gasteiger partial charge is 0.372 e. The Labute approximate surface area is 126 Å². The zero-order chi connectivity index (χ0) is 16.1. The van der Waals surface area contributed by atoms with Gasteiger partial charge in [0.2, 0.25) is 0 Å². The third kappa shape index (κ3) is 6.12. The summed E-state index contributed by atoms with van der Waals surface area (Å²) in [6.45, 7) is 10.4. The molecule has 126 valence electrons. The van der Waals surface area contributed by atoms with Gasteiger partial charge in [-0.05, 0) is 25.7 Å². The second-order valence-electron chi connectivity index (χ2n) is 6.55. The van der Waals surface area contributed by atoms with Gasteiger partial charge < -0.3 is 10.1 Å². The second-order valence-corrected chi connectivity index (χ2v) is 6.55. The summed E-state index contributed by atoms with van der Waals surface area (Å²) in [5.41, 5.74) is 0.0788. The van der Waals surface area contributed by atoms with Crippen LogP contribution in [0.2, 0.25) is 0 Å². The highest BCUT2D eigenvalue weighted by Gasteiger charge is 2.36. The Bertz CT molecular complexity index is 310. The van der Waals surface area contributed by atoms with Gasteiger partial charge in [-0.1, -0.05) is 20.8 Å². The lowest BCUT2D eigenvalue weighted by Crippen LogP contribution is -2.64. The SMILES string of the molecule is CCC1(C)CNC(C(C)C)CN1CCCOCC(F)(F)F. The van der Waals surface area contributed by atoms with Gasteiger partial charge in [-0.15, -0.1) is 0 Å². The first-order valence-electron chi connectivity index (χ1n) is 7.81. The molecule has 1 heterocycles. The lowest BCUT2D eigenvalue weighted by Gasteiger charge is -2.49. The summed E-state index contributed by atoms with van der Waals surface area (Å²) in [7, 11) is 0. The molecule has 0 aliphatic carbocycles. The monoisotopic (exact) mass is 310 g/mol. The molecule has 0 aromatic rings. The minimum absolute atomic E-state index is 0.0788. The number of nitrogens with one attached hydrogen (secondary N) is 1. The average molecular weight is 310 g/mol. The summed E-state index contributed by atoms with van der Waals surface area (Å²) in [6.07, 6.45) is -2.57. The fourth-order valence-electron chi connectivity index (χ4n) is 2.69. The zero-order valence-electron chi connectivity index (χ0n) is 13.6. The predicted molar refractivity (Wildman–Crippen MR) is 78.4 cm³/mol. The summed E-state index contributed by atoms with van der Waals surface area (Å²) >= 11 is 0. The van der Waals surface area contributed by atoms with Gasteiger partial charge in [-0.25, -0.2) is 0 Å². The van der Waals surface area contributed by atoms with Gasteiger partial charge in [0.1, 0.15) is 6.61 Å². The molecule has 1 aliphatic heterocycles. The quantitative estimate of drug-likeness (QED) is 0.732. The molecule has 0 spiro atoms. The number of ether oxygens (including phenoxy) is 1. The first-order chi connectivity index (χ1) is 9.68. The Kier molecular flexibility index (Phi) is 6.94. The first-order valence-corrected chi connectivity index (χ1v) is 7.81. The van der Waals surface area contributed by atoms with Crippen LogP contribution in [0.4, 0.5) is 13.2 Å². The molecule has 0 aromatic carbocycles. The van der Waals surface area contributed by atoms with Gasteiger partial charge in [-0.2, -0.15) is 13.2 Å². The minimum atomic E-state index is -4.23. The average Bonchev–Trinajstić information content (AvgIpc) is 2.38. The molecule has 3 nitrogen and oxygen atoms in total. The van der Waals surface area contributed by atoms with Crippen LogP contribution in [0.25, 0.3) is 0 Å². The van der Waals surface area contributed by atoms with Crippen LogP contribution in [0.5, 0.6) is 0 Å². The van der Waals surface area contributed by atoms with E-state index in [1.165, 1.54) is 0 Å². The molecule has 1 saturated heterocycles. The largest absolute Gasteiger partial charge is 0.411 e. The molecule has 1 rings (SSSR count). The van der Waals surface area contributed by atoms with E-state index in [-0.39, 0.29) is 12.1 Å². The number of halogens is 3. The van der Waals surface area contributed by atoms with Gasteiger partial charge >= 0.3 is 6.18 Å². The van der Waals surface area contributed by atoms with Crippen molar-refractivity contribution < 1.29 is 17.9 Å². The third-order valence-corrected chi connectivity index (χ3v) is 4.47. The van der Waals surface area contributed by atoms with Crippen molar-refractivity contribution in [1.82, 2.24) is 10.2 Å². The van der Waals surface area contributed by atoms with Gasteiger partial charge in [-0.3, -0.25) is 4.90 Å². The second kappa shape index (κ2) is 7.79. The van der Waals surface area contributed by atoms with Crippen molar-refractivity contribution in [3.8, 4) is 0 Å². The van der Waals surface area contributed by atoms with E-state index in [9.17, 15) is 13.2 Å². The van der Waals surface area contributed by atoms with E-state index >= 15 is 0 Å². The van der Waals surface area contributed by atoms with Crippen molar-refractivity contribution in [2.45, 2.75) is 58.3 Å². The lowest BCUT2D eigenvalue weighted by molar-refractivity contribution is -0.174. The van der Waals surface area contributed by atoms with Crippen LogP contribution >= 0.6 is 0 Å². The van der Waals surface area contributed by atoms with E-state index in [1.54, 1.807) is 0 Å². The molecule has 0 aromatic heterocycles. The third-order valence-electron chi connectivity index (χ3n) is 4.47. The van der Waals surface area contributed by atoms with Crippen molar-refractivity contribution in [2.24, 2.45) is 5.92 Å². The molecule has 1 N–H and O–H groups in total. The Morgan fingerprint density at radius 1 is 1.38 bits per heavy atom. The Balaban J connectivity index is 2.41. The molecular weight excluding hydrogens is 281 g/mol. The number of piperazine rings is 1. The van der Waals surface area contributed by atoms with E-state index < -0.39 is 12.8 Å². The van der Waals surface area contributed by atoms with Gasteiger partial charge in [0, 0.05) is 37.8 Å². The summed E-state index contributed by atoms with van der Waals surface area (Å²) in [5.74, 6) is 0.551. The normalized spacial score (nSPS) is 28.3. The fourth-order valence-corrected chi connectivity index (χ4v) is 2.69. The standard InChI is InChI=1S/C15H29F3N2O/c1-5-14(4)10-19-13(12(2)3)9-20(14)7-6-8-21-11-15(16,17)18/h12-13,19H,5-11H2,1-4H3. The van der Waals surface area contributed by atoms with E-state index in [4.69, 9.17) is 4.74 Å². The maximum absolute atomic E-state index is 12.0. The summed E-state index contributed by atoms with van der Waals surface area (Å²) in [5, 5.41) is 3.59. The highest BCUT2D eigenvalue weighted by atomic mass is 19.4. The van der Waals surface area contributed by atoms with Gasteiger partial charge in [0.15, 0.2) is 0 Å². The Hall–Kier alpha value is -0.330. The topological polar surface area (TPSA) is 24.5 Å². The molecule has 1 fully saturated rings. The molecule has 6 heteroatoms. The maximum Gasteiger partial charge on any atom is 0.411 e. The highest BCUT2D eigenvalue weighted by Crippen LogP contribution is 2.25.